The molecule has 128 valence electrons. The maximum absolute atomic E-state index is 11.7. The van der Waals surface area contributed by atoms with E-state index in [1.807, 2.05) is 24.3 Å². The molecule has 0 bridgehead atoms. The maximum atomic E-state index is 11.7. The van der Waals surface area contributed by atoms with Crippen molar-refractivity contribution in [2.45, 2.75) is 31.7 Å². The van der Waals surface area contributed by atoms with Gasteiger partial charge in [-0.15, -0.1) is 0 Å². The van der Waals surface area contributed by atoms with Crippen LogP contribution in [-0.4, -0.2) is 13.1 Å². The average molecular weight is 333 g/mol. The van der Waals surface area contributed by atoms with Crippen LogP contribution in [0.15, 0.2) is 54.6 Å². The van der Waals surface area contributed by atoms with Gasteiger partial charge in [0.1, 0.15) is 0 Å². The Bertz CT molecular complexity index is 822. The molecule has 0 fully saturated rings. The first-order valence-corrected chi connectivity index (χ1v) is 8.95. The Labute approximate surface area is 148 Å². The van der Waals surface area contributed by atoms with Crippen molar-refractivity contribution in [3.05, 3.63) is 76.9 Å². The molecule has 2 aromatic carbocycles. The van der Waals surface area contributed by atoms with Crippen molar-refractivity contribution in [2.75, 3.05) is 12.4 Å². The zero-order valence-electron chi connectivity index (χ0n) is 14.7. The van der Waals surface area contributed by atoms with E-state index in [1.54, 1.807) is 0 Å². The normalized spacial score (nSPS) is 23.5. The highest BCUT2D eigenvalue weighted by molar-refractivity contribution is 5.89. The molecular formula is C22H23NO2. The Hall–Kier alpha value is -2.55. The number of carbonyl (C=O) groups is 1. The van der Waals surface area contributed by atoms with Gasteiger partial charge in [-0.05, 0) is 53.6 Å². The van der Waals surface area contributed by atoms with E-state index in [2.05, 4.69) is 42.6 Å². The number of methoxy groups -OCH3 is 1. The van der Waals surface area contributed by atoms with Crippen LogP contribution in [-0.2, 0) is 11.2 Å². The Kier molecular flexibility index (Phi) is 4.08. The van der Waals surface area contributed by atoms with E-state index in [-0.39, 0.29) is 12.0 Å². The molecule has 1 aliphatic heterocycles. The quantitative estimate of drug-likeness (QED) is 0.644. The Morgan fingerprint density at radius 3 is 2.72 bits per heavy atom. The predicted octanol–water partition coefficient (Wildman–Crippen LogP) is 4.86. The summed E-state index contributed by atoms with van der Waals surface area (Å²) >= 11 is 0. The van der Waals surface area contributed by atoms with Crippen LogP contribution in [0, 0.1) is 5.92 Å². The van der Waals surface area contributed by atoms with Gasteiger partial charge in [-0.2, -0.15) is 0 Å². The minimum absolute atomic E-state index is 0.256. The van der Waals surface area contributed by atoms with Crippen molar-refractivity contribution in [1.82, 2.24) is 0 Å². The van der Waals surface area contributed by atoms with Gasteiger partial charge in [0.25, 0.3) is 0 Å². The van der Waals surface area contributed by atoms with Crippen molar-refractivity contribution in [3.63, 3.8) is 0 Å². The maximum Gasteiger partial charge on any atom is 0.337 e. The van der Waals surface area contributed by atoms with Crippen molar-refractivity contribution >= 4 is 11.7 Å². The summed E-state index contributed by atoms with van der Waals surface area (Å²) in [5.74, 6) is 0.692. The van der Waals surface area contributed by atoms with Crippen molar-refractivity contribution in [1.29, 1.82) is 0 Å². The SMILES string of the molecule is CCc1ccc2c(c1)[C@@H]1C=CC[C@H]1[C@@H](c1ccc(C(=O)OC)cc1)N2. The molecular weight excluding hydrogens is 310 g/mol. The summed E-state index contributed by atoms with van der Waals surface area (Å²) in [5, 5.41) is 3.74. The first-order valence-electron chi connectivity index (χ1n) is 8.95. The van der Waals surface area contributed by atoms with Gasteiger partial charge in [-0.25, -0.2) is 4.79 Å². The highest BCUT2D eigenvalue weighted by Gasteiger charge is 2.37. The lowest BCUT2D eigenvalue weighted by Gasteiger charge is -2.37. The van der Waals surface area contributed by atoms with E-state index < -0.39 is 0 Å². The number of rotatable bonds is 3. The number of hydrogen-bond donors (Lipinski definition) is 1. The van der Waals surface area contributed by atoms with Crippen molar-refractivity contribution in [3.8, 4) is 0 Å². The molecule has 3 heteroatoms. The average Bonchev–Trinajstić information content (AvgIpc) is 3.16. The highest BCUT2D eigenvalue weighted by Crippen LogP contribution is 2.49. The summed E-state index contributed by atoms with van der Waals surface area (Å²) in [7, 11) is 1.41. The van der Waals surface area contributed by atoms with E-state index in [0.29, 0.717) is 17.4 Å². The Morgan fingerprint density at radius 2 is 2.00 bits per heavy atom. The van der Waals surface area contributed by atoms with E-state index in [0.717, 1.165) is 12.8 Å². The summed E-state index contributed by atoms with van der Waals surface area (Å²) in [5.41, 5.74) is 5.85. The molecule has 0 saturated heterocycles. The molecule has 2 aliphatic rings. The van der Waals surface area contributed by atoms with Crippen LogP contribution in [0.1, 0.15) is 52.4 Å². The summed E-state index contributed by atoms with van der Waals surface area (Å²) in [6, 6.07) is 14.8. The lowest BCUT2D eigenvalue weighted by Crippen LogP contribution is -2.29. The summed E-state index contributed by atoms with van der Waals surface area (Å²) < 4.78 is 4.79. The molecule has 3 atom stereocenters. The van der Waals surface area contributed by atoms with E-state index in [4.69, 9.17) is 4.74 Å². The number of esters is 1. The third kappa shape index (κ3) is 2.74. The molecule has 4 rings (SSSR count). The lowest BCUT2D eigenvalue weighted by molar-refractivity contribution is 0.0600. The Morgan fingerprint density at radius 1 is 1.20 bits per heavy atom. The number of ether oxygens (including phenoxy) is 1. The van der Waals surface area contributed by atoms with Crippen LogP contribution >= 0.6 is 0 Å². The second-order valence-electron chi connectivity index (χ2n) is 6.86. The zero-order valence-corrected chi connectivity index (χ0v) is 14.7. The second-order valence-corrected chi connectivity index (χ2v) is 6.86. The van der Waals surface area contributed by atoms with Gasteiger partial charge in [-0.3, -0.25) is 0 Å². The summed E-state index contributed by atoms with van der Waals surface area (Å²) in [6.45, 7) is 2.20. The first kappa shape index (κ1) is 15.9. The number of hydrogen-bond acceptors (Lipinski definition) is 3. The van der Waals surface area contributed by atoms with Gasteiger partial charge in [0, 0.05) is 11.6 Å². The van der Waals surface area contributed by atoms with Crippen molar-refractivity contribution < 1.29 is 9.53 Å². The number of aryl methyl sites for hydroxylation is 1. The fourth-order valence-corrected chi connectivity index (χ4v) is 4.14. The van der Waals surface area contributed by atoms with E-state index in [9.17, 15) is 4.79 Å². The molecule has 0 unspecified atom stereocenters. The van der Waals surface area contributed by atoms with Gasteiger partial charge >= 0.3 is 5.97 Å². The first-order chi connectivity index (χ1) is 12.2. The second kappa shape index (κ2) is 6.40. The molecule has 0 radical (unpaired) electrons. The van der Waals surface area contributed by atoms with Gasteiger partial charge < -0.3 is 10.1 Å². The van der Waals surface area contributed by atoms with Crippen LogP contribution < -0.4 is 5.32 Å². The van der Waals surface area contributed by atoms with Crippen molar-refractivity contribution in [2.24, 2.45) is 5.92 Å². The lowest BCUT2D eigenvalue weighted by atomic mass is 9.76. The van der Waals surface area contributed by atoms with Gasteiger partial charge in [-0.1, -0.05) is 43.3 Å². The molecule has 0 amide bonds. The number of anilines is 1. The van der Waals surface area contributed by atoms with Crippen LogP contribution in [0.3, 0.4) is 0 Å². The largest absolute Gasteiger partial charge is 0.465 e. The zero-order chi connectivity index (χ0) is 17.4. The minimum Gasteiger partial charge on any atom is -0.465 e. The minimum atomic E-state index is -0.291. The molecule has 2 aromatic rings. The topological polar surface area (TPSA) is 38.3 Å². The number of carbonyl (C=O) groups excluding carboxylic acids is 1. The molecule has 1 N–H and O–H groups in total. The number of allylic oxidation sites excluding steroid dienone is 2. The van der Waals surface area contributed by atoms with Crippen LogP contribution in [0.4, 0.5) is 5.69 Å². The highest BCUT2D eigenvalue weighted by atomic mass is 16.5. The van der Waals surface area contributed by atoms with E-state index in [1.165, 1.54) is 29.5 Å². The smallest absolute Gasteiger partial charge is 0.337 e. The van der Waals surface area contributed by atoms with Crippen LogP contribution in [0.5, 0.6) is 0 Å². The third-order valence-electron chi connectivity index (χ3n) is 5.53. The molecule has 0 aromatic heterocycles. The number of fused-ring (bicyclic) bond motifs is 3. The fraction of sp³-hybridized carbons (Fsp3) is 0.318. The molecule has 0 spiro atoms. The van der Waals surface area contributed by atoms with Gasteiger partial charge in [0.15, 0.2) is 0 Å². The predicted molar refractivity (Wildman–Crippen MR) is 100.0 cm³/mol. The van der Waals surface area contributed by atoms with Gasteiger partial charge in [0.05, 0.1) is 18.7 Å². The van der Waals surface area contributed by atoms with E-state index >= 15 is 0 Å². The summed E-state index contributed by atoms with van der Waals surface area (Å²) in [4.78, 5) is 11.7. The van der Waals surface area contributed by atoms with Gasteiger partial charge in [0.2, 0.25) is 0 Å². The molecule has 1 aliphatic carbocycles. The molecule has 1 heterocycles. The van der Waals surface area contributed by atoms with Crippen LogP contribution in [0.25, 0.3) is 0 Å². The monoisotopic (exact) mass is 333 g/mol. The Balaban J connectivity index is 1.68. The standard InChI is InChI=1S/C22H23NO2/c1-3-14-7-12-20-19(13-14)17-5-4-6-18(17)21(23-20)15-8-10-16(11-9-15)22(24)25-2/h4-5,7-13,17-18,21,23H,3,6H2,1-2H3/t17-,18-,21-/m1/s1. The molecule has 25 heavy (non-hydrogen) atoms. The molecule has 0 saturated carbocycles. The van der Waals surface area contributed by atoms with Crippen LogP contribution in [0.2, 0.25) is 0 Å². The summed E-state index contributed by atoms with van der Waals surface area (Å²) in [6.07, 6.45) is 6.81. The number of nitrogens with one attached hydrogen (secondary N) is 1. The third-order valence-corrected chi connectivity index (χ3v) is 5.53. The number of benzene rings is 2. The molecule has 3 nitrogen and oxygen atoms in total. The fourth-order valence-electron chi connectivity index (χ4n) is 4.14.